The molecule has 0 saturated heterocycles. The van der Waals surface area contributed by atoms with E-state index in [2.05, 4.69) is 25.8 Å². The van der Waals surface area contributed by atoms with Crippen molar-refractivity contribution < 1.29 is 14.3 Å². The molecule has 2 aromatic rings. The number of nitrogens with one attached hydrogen (secondary N) is 3. The molecule has 0 radical (unpaired) electrons. The number of benzene rings is 1. The van der Waals surface area contributed by atoms with Crippen molar-refractivity contribution in [2.24, 2.45) is 0 Å². The summed E-state index contributed by atoms with van der Waals surface area (Å²) in [6.07, 6.45) is 1.23. The lowest BCUT2D eigenvalue weighted by atomic mass is 10.2. The number of carbonyl (C=O) groups is 2. The predicted octanol–water partition coefficient (Wildman–Crippen LogP) is 0.0682. The quantitative estimate of drug-likeness (QED) is 0.684. The van der Waals surface area contributed by atoms with Crippen LogP contribution < -0.4 is 15.4 Å². The second kappa shape index (κ2) is 6.32. The van der Waals surface area contributed by atoms with Crippen LogP contribution in [0, 0.1) is 0 Å². The monoisotopic (exact) mass is 275 g/mol. The molecule has 2 rings (SSSR count). The number of methoxy groups -OCH3 is 1. The summed E-state index contributed by atoms with van der Waals surface area (Å²) in [6.45, 7) is 0.243. The third-order valence-corrected chi connectivity index (χ3v) is 2.47. The number of carbonyl (C=O) groups excluding carboxylic acids is 2. The zero-order chi connectivity index (χ0) is 14.4. The Balaban J connectivity index is 1.83. The van der Waals surface area contributed by atoms with Crippen molar-refractivity contribution in [2.75, 3.05) is 12.4 Å². The van der Waals surface area contributed by atoms with Crippen molar-refractivity contribution in [1.29, 1.82) is 0 Å². The van der Waals surface area contributed by atoms with E-state index in [-0.39, 0.29) is 12.5 Å². The van der Waals surface area contributed by atoms with Crippen LogP contribution in [0.25, 0.3) is 0 Å². The maximum absolute atomic E-state index is 11.6. The topological polar surface area (TPSA) is 109 Å². The molecule has 8 nitrogen and oxygen atoms in total. The molecule has 2 amide bonds. The summed E-state index contributed by atoms with van der Waals surface area (Å²) in [6, 6.07) is 7.15. The molecule has 20 heavy (non-hydrogen) atoms. The third-order valence-electron chi connectivity index (χ3n) is 2.47. The van der Waals surface area contributed by atoms with E-state index in [1.165, 1.54) is 6.33 Å². The van der Waals surface area contributed by atoms with Gasteiger partial charge in [0.05, 0.1) is 7.11 Å². The Labute approximate surface area is 114 Å². The molecule has 0 aliphatic rings. The molecular weight excluding hydrogens is 262 g/mol. The molecule has 0 spiro atoms. The smallest absolute Gasteiger partial charge is 0.316 e. The second-order valence-corrected chi connectivity index (χ2v) is 3.82. The lowest BCUT2D eigenvalue weighted by Crippen LogP contribution is -2.35. The lowest BCUT2D eigenvalue weighted by Gasteiger charge is -2.05. The highest BCUT2D eigenvalue weighted by atomic mass is 16.5. The highest BCUT2D eigenvalue weighted by molar-refractivity contribution is 6.39. The van der Waals surface area contributed by atoms with Crippen molar-refractivity contribution in [2.45, 2.75) is 6.54 Å². The number of hydrogen-bond acceptors (Lipinski definition) is 5. The van der Waals surface area contributed by atoms with Gasteiger partial charge in [0.1, 0.15) is 12.1 Å². The number of ether oxygens (including phenoxy) is 1. The number of amides is 2. The Kier molecular flexibility index (Phi) is 4.28. The van der Waals surface area contributed by atoms with Crippen LogP contribution in [0.15, 0.2) is 30.6 Å². The zero-order valence-electron chi connectivity index (χ0n) is 10.7. The third kappa shape index (κ3) is 3.55. The molecule has 0 saturated carbocycles. The van der Waals surface area contributed by atoms with Gasteiger partial charge in [-0.15, -0.1) is 0 Å². The van der Waals surface area contributed by atoms with Crippen LogP contribution in [0.2, 0.25) is 0 Å². The number of aromatic amines is 1. The Bertz CT molecular complexity index is 580. The average Bonchev–Trinajstić information content (AvgIpc) is 2.98. The first-order chi connectivity index (χ1) is 9.69. The SMILES string of the molecule is COc1ccc(CNC(=O)C(=O)Nc2ncn[nH]2)cc1. The molecule has 104 valence electrons. The molecule has 1 aromatic heterocycles. The summed E-state index contributed by atoms with van der Waals surface area (Å²) in [4.78, 5) is 26.7. The van der Waals surface area contributed by atoms with Crippen LogP contribution in [0.4, 0.5) is 5.95 Å². The Morgan fingerprint density at radius 2 is 2.00 bits per heavy atom. The molecular formula is C12H13N5O3. The van der Waals surface area contributed by atoms with Crippen molar-refractivity contribution in [3.63, 3.8) is 0 Å². The van der Waals surface area contributed by atoms with Crippen molar-refractivity contribution >= 4 is 17.8 Å². The first kappa shape index (κ1) is 13.5. The molecule has 0 fully saturated rings. The van der Waals surface area contributed by atoms with E-state index in [0.717, 1.165) is 11.3 Å². The maximum Gasteiger partial charge on any atom is 0.316 e. The largest absolute Gasteiger partial charge is 0.497 e. The van der Waals surface area contributed by atoms with Crippen LogP contribution >= 0.6 is 0 Å². The van der Waals surface area contributed by atoms with Crippen LogP contribution in [0.5, 0.6) is 5.75 Å². The zero-order valence-corrected chi connectivity index (χ0v) is 10.7. The lowest BCUT2D eigenvalue weighted by molar-refractivity contribution is -0.136. The standard InChI is InChI=1S/C12H13N5O3/c1-20-9-4-2-8(3-5-9)6-13-10(18)11(19)16-12-14-7-15-17-12/h2-5,7H,6H2,1H3,(H,13,18)(H2,14,15,16,17,19). The molecule has 0 aliphatic heterocycles. The second-order valence-electron chi connectivity index (χ2n) is 3.82. The molecule has 1 aromatic carbocycles. The summed E-state index contributed by atoms with van der Waals surface area (Å²) in [5, 5.41) is 10.7. The molecule has 0 unspecified atom stereocenters. The van der Waals surface area contributed by atoms with Gasteiger partial charge in [0.2, 0.25) is 5.95 Å². The number of anilines is 1. The summed E-state index contributed by atoms with van der Waals surface area (Å²) < 4.78 is 5.02. The van der Waals surface area contributed by atoms with Crippen molar-refractivity contribution in [1.82, 2.24) is 20.5 Å². The van der Waals surface area contributed by atoms with Gasteiger partial charge in [0.25, 0.3) is 0 Å². The van der Waals surface area contributed by atoms with Gasteiger partial charge < -0.3 is 10.1 Å². The van der Waals surface area contributed by atoms with Gasteiger partial charge in [-0.05, 0) is 17.7 Å². The maximum atomic E-state index is 11.6. The summed E-state index contributed by atoms with van der Waals surface area (Å²) in [5.74, 6) is -0.717. The number of hydrogen-bond donors (Lipinski definition) is 3. The first-order valence-electron chi connectivity index (χ1n) is 5.76. The van der Waals surface area contributed by atoms with E-state index in [0.29, 0.717) is 0 Å². The molecule has 1 heterocycles. The van der Waals surface area contributed by atoms with E-state index >= 15 is 0 Å². The normalized spacial score (nSPS) is 9.85. The van der Waals surface area contributed by atoms with Crippen LogP contribution in [0.1, 0.15) is 5.56 Å². The van der Waals surface area contributed by atoms with Crippen molar-refractivity contribution in [3.05, 3.63) is 36.2 Å². The fourth-order valence-electron chi connectivity index (χ4n) is 1.44. The Morgan fingerprint density at radius 3 is 2.60 bits per heavy atom. The highest BCUT2D eigenvalue weighted by Crippen LogP contribution is 2.10. The molecule has 0 bridgehead atoms. The molecule has 0 atom stereocenters. The van der Waals surface area contributed by atoms with E-state index in [9.17, 15) is 9.59 Å². The summed E-state index contributed by atoms with van der Waals surface area (Å²) in [5.41, 5.74) is 0.853. The van der Waals surface area contributed by atoms with E-state index in [1.807, 2.05) is 0 Å². The number of aromatic nitrogens is 3. The summed E-state index contributed by atoms with van der Waals surface area (Å²) in [7, 11) is 1.57. The minimum Gasteiger partial charge on any atom is -0.497 e. The van der Waals surface area contributed by atoms with Gasteiger partial charge in [-0.2, -0.15) is 10.1 Å². The Morgan fingerprint density at radius 1 is 1.25 bits per heavy atom. The van der Waals surface area contributed by atoms with E-state index in [4.69, 9.17) is 4.74 Å². The van der Waals surface area contributed by atoms with Gasteiger partial charge in [-0.1, -0.05) is 12.1 Å². The number of H-pyrrole nitrogens is 1. The predicted molar refractivity (Wildman–Crippen MR) is 69.9 cm³/mol. The fraction of sp³-hybridized carbons (Fsp3) is 0.167. The first-order valence-corrected chi connectivity index (χ1v) is 5.76. The van der Waals surface area contributed by atoms with Crippen LogP contribution in [-0.4, -0.2) is 34.1 Å². The highest BCUT2D eigenvalue weighted by Gasteiger charge is 2.14. The molecule has 8 heteroatoms. The van der Waals surface area contributed by atoms with Crippen LogP contribution in [-0.2, 0) is 16.1 Å². The van der Waals surface area contributed by atoms with Gasteiger partial charge in [0, 0.05) is 6.54 Å². The number of rotatable bonds is 4. The van der Waals surface area contributed by atoms with E-state index in [1.54, 1.807) is 31.4 Å². The van der Waals surface area contributed by atoms with Gasteiger partial charge >= 0.3 is 11.8 Å². The van der Waals surface area contributed by atoms with Gasteiger partial charge in [-0.3, -0.25) is 14.9 Å². The van der Waals surface area contributed by atoms with Crippen molar-refractivity contribution in [3.8, 4) is 5.75 Å². The molecule has 0 aliphatic carbocycles. The summed E-state index contributed by atoms with van der Waals surface area (Å²) >= 11 is 0. The van der Waals surface area contributed by atoms with E-state index < -0.39 is 11.8 Å². The number of nitrogens with zero attached hydrogens (tertiary/aromatic N) is 2. The minimum absolute atomic E-state index is 0.120. The molecule has 3 N–H and O–H groups in total. The van der Waals surface area contributed by atoms with Gasteiger partial charge in [0.15, 0.2) is 0 Å². The van der Waals surface area contributed by atoms with Gasteiger partial charge in [-0.25, -0.2) is 5.10 Å². The minimum atomic E-state index is -0.810. The Hall–Kier alpha value is -2.90. The fourth-order valence-corrected chi connectivity index (χ4v) is 1.44. The average molecular weight is 275 g/mol. The van der Waals surface area contributed by atoms with Crippen LogP contribution in [0.3, 0.4) is 0 Å².